The van der Waals surface area contributed by atoms with Crippen LogP contribution in [0.4, 0.5) is 4.39 Å². The van der Waals surface area contributed by atoms with Crippen LogP contribution in [0, 0.1) is 5.82 Å². The standard InChI is InChI=1S/C20H17FN4O3/c1-28-18-5-3-2-4-16(18)17-6-7-19(26)25(23-17)15-11-24(12-15)20(27)13-8-14(21)10-22-9-13/h2-10,15H,11-12H2,1H3. The predicted molar refractivity (Wildman–Crippen MR) is 99.6 cm³/mol. The Morgan fingerprint density at radius 1 is 1.18 bits per heavy atom. The van der Waals surface area contributed by atoms with E-state index in [0.29, 0.717) is 24.5 Å². The third-order valence-electron chi connectivity index (χ3n) is 4.66. The molecule has 0 atom stereocenters. The zero-order chi connectivity index (χ0) is 19.7. The molecule has 0 aliphatic carbocycles. The van der Waals surface area contributed by atoms with Crippen molar-refractivity contribution >= 4 is 5.91 Å². The Hall–Kier alpha value is -3.55. The first-order valence-electron chi connectivity index (χ1n) is 8.70. The summed E-state index contributed by atoms with van der Waals surface area (Å²) in [6, 6.07) is 11.4. The Bertz CT molecular complexity index is 1090. The number of nitrogens with zero attached hydrogens (tertiary/aromatic N) is 4. The maximum absolute atomic E-state index is 13.3. The van der Waals surface area contributed by atoms with E-state index in [1.807, 2.05) is 24.3 Å². The maximum Gasteiger partial charge on any atom is 0.267 e. The molecule has 0 N–H and O–H groups in total. The van der Waals surface area contributed by atoms with Gasteiger partial charge in [0.1, 0.15) is 11.6 Å². The summed E-state index contributed by atoms with van der Waals surface area (Å²) in [6.07, 6.45) is 2.37. The summed E-state index contributed by atoms with van der Waals surface area (Å²) in [7, 11) is 1.57. The highest BCUT2D eigenvalue weighted by Crippen LogP contribution is 2.28. The van der Waals surface area contributed by atoms with Crippen LogP contribution in [0.2, 0.25) is 0 Å². The first-order valence-corrected chi connectivity index (χ1v) is 8.70. The van der Waals surface area contributed by atoms with Crippen molar-refractivity contribution in [3.05, 3.63) is 76.6 Å². The number of benzene rings is 1. The van der Waals surface area contributed by atoms with Gasteiger partial charge in [0, 0.05) is 30.9 Å². The van der Waals surface area contributed by atoms with Crippen LogP contribution in [0.3, 0.4) is 0 Å². The fraction of sp³-hybridized carbons (Fsp3) is 0.200. The predicted octanol–water partition coefficient (Wildman–Crippen LogP) is 2.15. The van der Waals surface area contributed by atoms with E-state index < -0.39 is 5.82 Å². The van der Waals surface area contributed by atoms with E-state index in [4.69, 9.17) is 4.74 Å². The lowest BCUT2D eigenvalue weighted by Gasteiger charge is -2.39. The first kappa shape index (κ1) is 17.8. The fourth-order valence-corrected chi connectivity index (χ4v) is 3.17. The molecular weight excluding hydrogens is 363 g/mol. The molecule has 4 rings (SSSR count). The van der Waals surface area contributed by atoms with Crippen LogP contribution in [-0.4, -0.2) is 45.8 Å². The van der Waals surface area contributed by atoms with Crippen molar-refractivity contribution in [2.24, 2.45) is 0 Å². The summed E-state index contributed by atoms with van der Waals surface area (Å²) in [5.41, 5.74) is 1.32. The lowest BCUT2D eigenvalue weighted by Crippen LogP contribution is -2.53. The van der Waals surface area contributed by atoms with Crippen molar-refractivity contribution in [3.63, 3.8) is 0 Å². The van der Waals surface area contributed by atoms with Crippen LogP contribution < -0.4 is 10.3 Å². The van der Waals surface area contributed by atoms with Crippen molar-refractivity contribution in [1.82, 2.24) is 19.7 Å². The monoisotopic (exact) mass is 380 g/mol. The molecule has 1 amide bonds. The van der Waals surface area contributed by atoms with Crippen molar-refractivity contribution in [1.29, 1.82) is 0 Å². The molecule has 2 aromatic heterocycles. The summed E-state index contributed by atoms with van der Waals surface area (Å²) < 4.78 is 20.0. The van der Waals surface area contributed by atoms with Gasteiger partial charge in [-0.25, -0.2) is 9.07 Å². The van der Waals surface area contributed by atoms with Crippen LogP contribution in [0.1, 0.15) is 16.4 Å². The third kappa shape index (κ3) is 3.24. The maximum atomic E-state index is 13.3. The summed E-state index contributed by atoms with van der Waals surface area (Å²) >= 11 is 0. The smallest absolute Gasteiger partial charge is 0.267 e. The van der Waals surface area contributed by atoms with Gasteiger partial charge in [-0.2, -0.15) is 5.10 Å². The van der Waals surface area contributed by atoms with Crippen molar-refractivity contribution in [3.8, 4) is 17.0 Å². The van der Waals surface area contributed by atoms with E-state index in [-0.39, 0.29) is 23.1 Å². The van der Waals surface area contributed by atoms with Gasteiger partial charge in [0.25, 0.3) is 11.5 Å². The topological polar surface area (TPSA) is 77.3 Å². The number of halogens is 1. The van der Waals surface area contributed by atoms with Crippen LogP contribution in [-0.2, 0) is 0 Å². The number of likely N-dealkylation sites (tertiary alicyclic amines) is 1. The number of carbonyl (C=O) groups excluding carboxylic acids is 1. The van der Waals surface area contributed by atoms with Gasteiger partial charge in [-0.1, -0.05) is 12.1 Å². The minimum Gasteiger partial charge on any atom is -0.496 e. The molecule has 7 nitrogen and oxygen atoms in total. The minimum atomic E-state index is -0.565. The largest absolute Gasteiger partial charge is 0.496 e. The molecule has 1 fully saturated rings. The Morgan fingerprint density at radius 2 is 1.96 bits per heavy atom. The molecule has 0 spiro atoms. The number of carbonyl (C=O) groups is 1. The third-order valence-corrected chi connectivity index (χ3v) is 4.66. The van der Waals surface area contributed by atoms with E-state index in [1.165, 1.54) is 21.8 Å². The molecule has 0 radical (unpaired) electrons. The molecule has 1 saturated heterocycles. The number of hydrogen-bond acceptors (Lipinski definition) is 5. The molecule has 3 aromatic rings. The molecule has 28 heavy (non-hydrogen) atoms. The van der Waals surface area contributed by atoms with E-state index in [2.05, 4.69) is 10.1 Å². The van der Waals surface area contributed by atoms with Gasteiger partial charge < -0.3 is 9.64 Å². The normalized spacial score (nSPS) is 13.9. The molecule has 3 heterocycles. The molecular formula is C20H17FN4O3. The van der Waals surface area contributed by atoms with Crippen LogP contribution >= 0.6 is 0 Å². The van der Waals surface area contributed by atoms with Crippen molar-refractivity contribution in [2.75, 3.05) is 20.2 Å². The molecule has 1 aliphatic rings. The van der Waals surface area contributed by atoms with Gasteiger partial charge in [-0.3, -0.25) is 14.6 Å². The number of aromatic nitrogens is 3. The Balaban J connectivity index is 1.55. The van der Waals surface area contributed by atoms with Crippen molar-refractivity contribution < 1.29 is 13.9 Å². The molecule has 142 valence electrons. The minimum absolute atomic E-state index is 0.182. The van der Waals surface area contributed by atoms with Gasteiger partial charge >= 0.3 is 0 Å². The molecule has 1 aromatic carbocycles. The average molecular weight is 380 g/mol. The van der Waals surface area contributed by atoms with E-state index in [1.54, 1.807) is 13.2 Å². The highest BCUT2D eigenvalue weighted by molar-refractivity contribution is 5.94. The average Bonchev–Trinajstić information content (AvgIpc) is 2.68. The van der Waals surface area contributed by atoms with Gasteiger partial charge in [0.2, 0.25) is 0 Å². The number of methoxy groups -OCH3 is 1. The molecule has 0 saturated carbocycles. The van der Waals surface area contributed by atoms with E-state index in [0.717, 1.165) is 17.8 Å². The quantitative estimate of drug-likeness (QED) is 0.693. The number of para-hydroxylation sites is 1. The Kier molecular flexibility index (Phi) is 4.60. The number of amides is 1. The number of ether oxygens (including phenoxy) is 1. The van der Waals surface area contributed by atoms with Crippen LogP contribution in [0.5, 0.6) is 5.75 Å². The zero-order valence-corrected chi connectivity index (χ0v) is 15.1. The summed E-state index contributed by atoms with van der Waals surface area (Å²) in [5, 5.41) is 4.47. The second-order valence-corrected chi connectivity index (χ2v) is 6.46. The van der Waals surface area contributed by atoms with Crippen LogP contribution in [0.25, 0.3) is 11.3 Å². The fourth-order valence-electron chi connectivity index (χ4n) is 3.17. The lowest BCUT2D eigenvalue weighted by atomic mass is 10.1. The second-order valence-electron chi connectivity index (χ2n) is 6.46. The Labute approximate surface area is 160 Å². The van der Waals surface area contributed by atoms with Gasteiger partial charge in [-0.15, -0.1) is 0 Å². The molecule has 0 bridgehead atoms. The number of hydrogen-bond donors (Lipinski definition) is 0. The SMILES string of the molecule is COc1ccccc1-c1ccc(=O)n(C2CN(C(=O)c3cncc(F)c3)C2)n1. The summed E-state index contributed by atoms with van der Waals surface area (Å²) in [4.78, 5) is 29.9. The van der Waals surface area contributed by atoms with Crippen LogP contribution in [0.15, 0.2) is 59.7 Å². The molecule has 8 heteroatoms. The van der Waals surface area contributed by atoms with E-state index in [9.17, 15) is 14.0 Å². The van der Waals surface area contributed by atoms with Gasteiger partial charge in [0.05, 0.1) is 30.6 Å². The van der Waals surface area contributed by atoms with Gasteiger partial charge in [-0.05, 0) is 24.3 Å². The zero-order valence-electron chi connectivity index (χ0n) is 15.1. The molecule has 0 unspecified atom stereocenters. The highest BCUT2D eigenvalue weighted by atomic mass is 19.1. The number of rotatable bonds is 4. The lowest BCUT2D eigenvalue weighted by molar-refractivity contribution is 0.0492. The van der Waals surface area contributed by atoms with Crippen molar-refractivity contribution in [2.45, 2.75) is 6.04 Å². The van der Waals surface area contributed by atoms with E-state index >= 15 is 0 Å². The number of pyridine rings is 1. The molecule has 1 aliphatic heterocycles. The van der Waals surface area contributed by atoms with Gasteiger partial charge in [0.15, 0.2) is 0 Å². The summed E-state index contributed by atoms with van der Waals surface area (Å²) in [6.45, 7) is 0.634. The second kappa shape index (κ2) is 7.22. The Morgan fingerprint density at radius 3 is 2.71 bits per heavy atom. The first-order chi connectivity index (χ1) is 13.6. The highest BCUT2D eigenvalue weighted by Gasteiger charge is 2.34. The summed E-state index contributed by atoms with van der Waals surface area (Å²) in [5.74, 6) is -0.230.